The van der Waals surface area contributed by atoms with Crippen LogP contribution in [0.2, 0.25) is 0 Å². The molecule has 0 aliphatic rings. The van der Waals surface area contributed by atoms with E-state index in [2.05, 4.69) is 10.4 Å². The lowest BCUT2D eigenvalue weighted by atomic mass is 10.2. The zero-order chi connectivity index (χ0) is 14.4. The van der Waals surface area contributed by atoms with E-state index < -0.39 is 17.9 Å². The van der Waals surface area contributed by atoms with Crippen LogP contribution in [0.4, 0.5) is 0 Å². The molecule has 1 amide bonds. The highest BCUT2D eigenvalue weighted by Crippen LogP contribution is 2.06. The molecule has 0 bridgehead atoms. The molecule has 2 N–H and O–H groups in total. The van der Waals surface area contributed by atoms with Gasteiger partial charge in [0.2, 0.25) is 0 Å². The summed E-state index contributed by atoms with van der Waals surface area (Å²) in [6.07, 6.45) is 2.30. The van der Waals surface area contributed by atoms with Crippen LogP contribution in [0.3, 0.4) is 0 Å². The van der Waals surface area contributed by atoms with Gasteiger partial charge in [-0.3, -0.25) is 9.48 Å². The van der Waals surface area contributed by atoms with Gasteiger partial charge in [0, 0.05) is 6.54 Å². The van der Waals surface area contributed by atoms with Crippen LogP contribution in [0.1, 0.15) is 29.5 Å². The van der Waals surface area contributed by atoms with Gasteiger partial charge < -0.3 is 10.4 Å². The Hall–Kier alpha value is -1.50. The second-order valence-corrected chi connectivity index (χ2v) is 5.12. The van der Waals surface area contributed by atoms with Gasteiger partial charge in [-0.15, -0.1) is 0 Å². The van der Waals surface area contributed by atoms with E-state index in [1.165, 1.54) is 0 Å². The first kappa shape index (κ1) is 15.6. The van der Waals surface area contributed by atoms with Crippen molar-refractivity contribution in [2.75, 3.05) is 12.0 Å². The quantitative estimate of drug-likeness (QED) is 0.785. The van der Waals surface area contributed by atoms with Crippen LogP contribution in [-0.2, 0) is 11.3 Å². The second kappa shape index (κ2) is 7.18. The Morgan fingerprint density at radius 3 is 2.79 bits per heavy atom. The number of aliphatic carboxylic acids is 1. The minimum Gasteiger partial charge on any atom is -0.480 e. The fourth-order valence-corrected chi connectivity index (χ4v) is 2.17. The fraction of sp³-hybridized carbons (Fsp3) is 0.583. The van der Waals surface area contributed by atoms with Crippen molar-refractivity contribution in [3.8, 4) is 0 Å². The summed E-state index contributed by atoms with van der Waals surface area (Å²) in [5.41, 5.74) is 1.14. The second-order valence-electron chi connectivity index (χ2n) is 4.13. The molecule has 6 nitrogen and oxygen atoms in total. The number of aromatic nitrogens is 2. The number of nitrogens with one attached hydrogen (secondary N) is 1. The number of carboxylic acid groups (broad SMARTS) is 1. The summed E-state index contributed by atoms with van der Waals surface area (Å²) in [5, 5.41) is 15.8. The normalized spacial score (nSPS) is 12.2. The maximum Gasteiger partial charge on any atom is 0.326 e. The zero-order valence-electron chi connectivity index (χ0n) is 11.3. The average molecular weight is 285 g/mol. The average Bonchev–Trinajstić information content (AvgIpc) is 2.75. The van der Waals surface area contributed by atoms with E-state index in [1.807, 2.05) is 13.2 Å². The van der Waals surface area contributed by atoms with Gasteiger partial charge in [0.25, 0.3) is 5.91 Å². The largest absolute Gasteiger partial charge is 0.480 e. The van der Waals surface area contributed by atoms with Crippen molar-refractivity contribution in [1.82, 2.24) is 15.1 Å². The number of carboxylic acids is 1. The Labute approximate surface area is 116 Å². The third-order valence-corrected chi connectivity index (χ3v) is 3.29. The molecule has 0 spiro atoms. The van der Waals surface area contributed by atoms with E-state index in [9.17, 15) is 9.59 Å². The summed E-state index contributed by atoms with van der Waals surface area (Å²) in [4.78, 5) is 23.2. The lowest BCUT2D eigenvalue weighted by Crippen LogP contribution is -2.41. The summed E-state index contributed by atoms with van der Waals surface area (Å²) < 4.78 is 1.57. The highest BCUT2D eigenvalue weighted by molar-refractivity contribution is 7.98. The molecule has 1 atom stereocenters. The van der Waals surface area contributed by atoms with Gasteiger partial charge in [0.1, 0.15) is 11.7 Å². The minimum atomic E-state index is -1.01. The van der Waals surface area contributed by atoms with E-state index in [1.54, 1.807) is 29.4 Å². The molecule has 0 aromatic carbocycles. The molecule has 0 unspecified atom stereocenters. The molecule has 0 saturated carbocycles. The molecule has 1 rings (SSSR count). The van der Waals surface area contributed by atoms with Crippen LogP contribution < -0.4 is 5.32 Å². The number of carbonyl (C=O) groups excluding carboxylic acids is 1. The lowest BCUT2D eigenvalue weighted by Gasteiger charge is -2.14. The highest BCUT2D eigenvalue weighted by Gasteiger charge is 2.22. The SMILES string of the molecule is CCn1nc(C)cc1C(=O)N[C@@H](CCSC)C(=O)O. The van der Waals surface area contributed by atoms with Crippen molar-refractivity contribution in [3.05, 3.63) is 17.5 Å². The van der Waals surface area contributed by atoms with Gasteiger partial charge in [-0.05, 0) is 38.3 Å². The highest BCUT2D eigenvalue weighted by atomic mass is 32.2. The smallest absolute Gasteiger partial charge is 0.326 e. The summed E-state index contributed by atoms with van der Waals surface area (Å²) in [6, 6.07) is 0.798. The van der Waals surface area contributed by atoms with Crippen LogP contribution >= 0.6 is 11.8 Å². The minimum absolute atomic E-state index is 0.393. The van der Waals surface area contributed by atoms with Crippen molar-refractivity contribution in [2.45, 2.75) is 32.9 Å². The van der Waals surface area contributed by atoms with Gasteiger partial charge in [0.15, 0.2) is 0 Å². The fourth-order valence-electron chi connectivity index (χ4n) is 1.69. The third kappa shape index (κ3) is 4.27. The molecule has 1 aromatic rings. The number of hydrogen-bond acceptors (Lipinski definition) is 4. The van der Waals surface area contributed by atoms with E-state index in [0.29, 0.717) is 24.4 Å². The van der Waals surface area contributed by atoms with E-state index in [0.717, 1.165) is 5.69 Å². The number of aryl methyl sites for hydroxylation is 2. The maximum atomic E-state index is 12.1. The monoisotopic (exact) mass is 285 g/mol. The van der Waals surface area contributed by atoms with Crippen LogP contribution in [-0.4, -0.2) is 44.8 Å². The molecular weight excluding hydrogens is 266 g/mol. The van der Waals surface area contributed by atoms with Gasteiger partial charge in [-0.2, -0.15) is 16.9 Å². The number of carbonyl (C=O) groups is 2. The summed E-state index contributed by atoms with van der Waals surface area (Å²) in [7, 11) is 0. The van der Waals surface area contributed by atoms with Crippen molar-refractivity contribution in [1.29, 1.82) is 0 Å². The van der Waals surface area contributed by atoms with Crippen LogP contribution in [0.15, 0.2) is 6.07 Å². The van der Waals surface area contributed by atoms with Gasteiger partial charge in [0.05, 0.1) is 5.69 Å². The van der Waals surface area contributed by atoms with Crippen molar-refractivity contribution in [2.24, 2.45) is 0 Å². The molecule has 1 heterocycles. The van der Waals surface area contributed by atoms with E-state index in [4.69, 9.17) is 5.11 Å². The summed E-state index contributed by atoms with van der Waals surface area (Å²) in [5.74, 6) is -0.721. The molecule has 0 aliphatic heterocycles. The maximum absolute atomic E-state index is 12.1. The van der Waals surface area contributed by atoms with Gasteiger partial charge in [-0.25, -0.2) is 4.79 Å². The summed E-state index contributed by atoms with van der Waals surface area (Å²) in [6.45, 7) is 4.25. The van der Waals surface area contributed by atoms with Crippen molar-refractivity contribution in [3.63, 3.8) is 0 Å². The van der Waals surface area contributed by atoms with Crippen LogP contribution in [0, 0.1) is 6.92 Å². The molecule has 0 aliphatic carbocycles. The predicted octanol–water partition coefficient (Wildman–Crippen LogP) is 1.15. The Morgan fingerprint density at radius 1 is 1.58 bits per heavy atom. The molecule has 0 radical (unpaired) electrons. The van der Waals surface area contributed by atoms with Crippen molar-refractivity contribution < 1.29 is 14.7 Å². The van der Waals surface area contributed by atoms with Crippen LogP contribution in [0.25, 0.3) is 0 Å². The van der Waals surface area contributed by atoms with Gasteiger partial charge >= 0.3 is 5.97 Å². The van der Waals surface area contributed by atoms with E-state index in [-0.39, 0.29) is 0 Å². The number of nitrogens with zero attached hydrogens (tertiary/aromatic N) is 2. The number of thioether (sulfide) groups is 1. The molecule has 0 saturated heterocycles. The Bertz CT molecular complexity index is 459. The first-order chi connectivity index (χ1) is 8.99. The Balaban J connectivity index is 2.78. The van der Waals surface area contributed by atoms with E-state index >= 15 is 0 Å². The molecule has 1 aromatic heterocycles. The van der Waals surface area contributed by atoms with Crippen LogP contribution in [0.5, 0.6) is 0 Å². The molecule has 0 fully saturated rings. The number of hydrogen-bond donors (Lipinski definition) is 2. The lowest BCUT2D eigenvalue weighted by molar-refractivity contribution is -0.139. The van der Waals surface area contributed by atoms with Crippen molar-refractivity contribution >= 4 is 23.6 Å². The molecule has 19 heavy (non-hydrogen) atoms. The first-order valence-corrected chi connectivity index (χ1v) is 7.46. The zero-order valence-corrected chi connectivity index (χ0v) is 12.2. The predicted molar refractivity (Wildman–Crippen MR) is 74.5 cm³/mol. The first-order valence-electron chi connectivity index (χ1n) is 6.06. The Kier molecular flexibility index (Phi) is 5.88. The Morgan fingerprint density at radius 2 is 2.26 bits per heavy atom. The molecular formula is C12H19N3O3S. The number of rotatable bonds is 7. The molecule has 106 valence electrons. The number of amides is 1. The van der Waals surface area contributed by atoms with Gasteiger partial charge in [-0.1, -0.05) is 0 Å². The topological polar surface area (TPSA) is 84.2 Å². The summed E-state index contributed by atoms with van der Waals surface area (Å²) >= 11 is 1.55. The molecule has 7 heteroatoms. The standard InChI is InChI=1S/C12H19N3O3S/c1-4-15-10(7-8(2)14-15)11(16)13-9(12(17)18)5-6-19-3/h7,9H,4-6H2,1-3H3,(H,13,16)(H,17,18)/t9-/m0/s1. The third-order valence-electron chi connectivity index (χ3n) is 2.65.